The van der Waals surface area contributed by atoms with Crippen LogP contribution in [0.3, 0.4) is 0 Å². The van der Waals surface area contributed by atoms with Crippen LogP contribution < -0.4 is 10.6 Å². The van der Waals surface area contributed by atoms with Crippen LogP contribution in [-0.2, 0) is 11.3 Å². The third-order valence-corrected chi connectivity index (χ3v) is 5.74. The van der Waals surface area contributed by atoms with Crippen molar-refractivity contribution < 1.29 is 14.3 Å². The normalized spacial score (nSPS) is 10.6. The highest BCUT2D eigenvalue weighted by molar-refractivity contribution is 9.10. The summed E-state index contributed by atoms with van der Waals surface area (Å²) < 4.78 is 7.05. The molecule has 0 aliphatic carbocycles. The molecule has 0 saturated heterocycles. The summed E-state index contributed by atoms with van der Waals surface area (Å²) in [7, 11) is 0. The molecule has 4 aromatic rings. The number of nitrogens with one attached hydrogen (secondary N) is 2. The van der Waals surface area contributed by atoms with Crippen LogP contribution in [0.5, 0.6) is 0 Å². The molecular formula is C24H18BrCl2N5O3. The first-order valence-corrected chi connectivity index (χ1v) is 11.8. The van der Waals surface area contributed by atoms with E-state index < -0.39 is 12.0 Å². The van der Waals surface area contributed by atoms with Gasteiger partial charge in [-0.3, -0.25) is 10.1 Å². The number of aryl methyl sites for hydroxylation is 1. The summed E-state index contributed by atoms with van der Waals surface area (Å²) in [6, 6.07) is 17.3. The minimum Gasteiger partial charge on any atom is -0.444 e. The van der Waals surface area contributed by atoms with Crippen molar-refractivity contribution in [1.82, 2.24) is 14.8 Å². The molecular weight excluding hydrogens is 557 g/mol. The lowest BCUT2D eigenvalue weighted by Gasteiger charge is -2.16. The van der Waals surface area contributed by atoms with Crippen LogP contribution in [0.25, 0.3) is 5.82 Å². The second-order valence-electron chi connectivity index (χ2n) is 7.36. The van der Waals surface area contributed by atoms with Gasteiger partial charge in [-0.05, 0) is 58.2 Å². The van der Waals surface area contributed by atoms with Crippen molar-refractivity contribution in [2.75, 3.05) is 10.6 Å². The van der Waals surface area contributed by atoms with Gasteiger partial charge in [0.05, 0.1) is 16.4 Å². The Hall–Kier alpha value is -3.40. The third-order valence-electron chi connectivity index (χ3n) is 4.84. The molecule has 178 valence electrons. The van der Waals surface area contributed by atoms with E-state index in [1.165, 1.54) is 16.8 Å². The van der Waals surface area contributed by atoms with Crippen LogP contribution in [-0.4, -0.2) is 26.8 Å². The van der Waals surface area contributed by atoms with E-state index in [-0.39, 0.29) is 18.0 Å². The first-order chi connectivity index (χ1) is 16.8. The Bertz CT molecular complexity index is 1400. The molecule has 2 amide bonds. The Balaban J connectivity index is 1.58. The number of anilines is 2. The molecule has 0 spiro atoms. The molecule has 0 bridgehead atoms. The van der Waals surface area contributed by atoms with Gasteiger partial charge >= 0.3 is 6.09 Å². The fourth-order valence-electron chi connectivity index (χ4n) is 3.26. The Morgan fingerprint density at radius 2 is 1.83 bits per heavy atom. The lowest BCUT2D eigenvalue weighted by Crippen LogP contribution is -2.20. The van der Waals surface area contributed by atoms with Crippen LogP contribution in [0.4, 0.5) is 16.2 Å². The zero-order valence-corrected chi connectivity index (χ0v) is 21.4. The summed E-state index contributed by atoms with van der Waals surface area (Å²) in [4.78, 5) is 30.0. The predicted octanol–water partition coefficient (Wildman–Crippen LogP) is 6.65. The second-order valence-corrected chi connectivity index (χ2v) is 9.02. The summed E-state index contributed by atoms with van der Waals surface area (Å²) >= 11 is 15.8. The highest BCUT2D eigenvalue weighted by Crippen LogP contribution is 2.31. The number of carbonyl (C=O) groups is 2. The maximum atomic E-state index is 13.3. The largest absolute Gasteiger partial charge is 0.444 e. The van der Waals surface area contributed by atoms with Gasteiger partial charge in [-0.15, -0.1) is 0 Å². The van der Waals surface area contributed by atoms with E-state index in [1.54, 1.807) is 31.3 Å². The number of rotatable bonds is 6. The van der Waals surface area contributed by atoms with E-state index in [4.69, 9.17) is 27.9 Å². The van der Waals surface area contributed by atoms with Crippen molar-refractivity contribution in [2.24, 2.45) is 0 Å². The summed E-state index contributed by atoms with van der Waals surface area (Å²) in [6.45, 7) is 1.84. The molecule has 2 heterocycles. The molecule has 0 saturated carbocycles. The number of halogens is 3. The number of benzene rings is 2. The quantitative estimate of drug-likeness (QED) is 0.269. The van der Waals surface area contributed by atoms with Gasteiger partial charge in [-0.1, -0.05) is 53.5 Å². The molecule has 35 heavy (non-hydrogen) atoms. The van der Waals surface area contributed by atoms with Gasteiger partial charge < -0.3 is 10.1 Å². The van der Waals surface area contributed by atoms with Crippen LogP contribution in [0, 0.1) is 6.92 Å². The van der Waals surface area contributed by atoms with E-state index in [0.29, 0.717) is 31.7 Å². The van der Waals surface area contributed by atoms with Crippen LogP contribution in [0.15, 0.2) is 71.5 Å². The molecule has 8 nitrogen and oxygen atoms in total. The monoisotopic (exact) mass is 573 g/mol. The molecule has 0 aliphatic heterocycles. The summed E-state index contributed by atoms with van der Waals surface area (Å²) in [6.07, 6.45) is 0.851. The predicted molar refractivity (Wildman–Crippen MR) is 138 cm³/mol. The third kappa shape index (κ3) is 6.00. The summed E-state index contributed by atoms with van der Waals surface area (Å²) in [5, 5.41) is 10.5. The zero-order chi connectivity index (χ0) is 24.9. The molecule has 0 unspecified atom stereocenters. The van der Waals surface area contributed by atoms with E-state index in [1.807, 2.05) is 30.3 Å². The summed E-state index contributed by atoms with van der Waals surface area (Å²) in [5.74, 6) is -0.211. The molecule has 2 aromatic heterocycles. The fraction of sp³-hybridized carbons (Fsp3) is 0.0833. The zero-order valence-electron chi connectivity index (χ0n) is 18.3. The average molecular weight is 575 g/mol. The van der Waals surface area contributed by atoms with Gasteiger partial charge in [0, 0.05) is 17.3 Å². The maximum absolute atomic E-state index is 13.3. The van der Waals surface area contributed by atoms with Gasteiger partial charge in [0.25, 0.3) is 5.91 Å². The lowest BCUT2D eigenvalue weighted by atomic mass is 10.1. The smallest absolute Gasteiger partial charge is 0.412 e. The molecule has 4 rings (SSSR count). The van der Waals surface area contributed by atoms with Gasteiger partial charge in [0.2, 0.25) is 0 Å². The van der Waals surface area contributed by atoms with Crippen LogP contribution in [0.2, 0.25) is 10.0 Å². The van der Waals surface area contributed by atoms with Gasteiger partial charge in [0.1, 0.15) is 16.9 Å². The van der Waals surface area contributed by atoms with Crippen molar-refractivity contribution >= 4 is 62.5 Å². The number of pyridine rings is 1. The Kier molecular flexibility index (Phi) is 7.70. The standard InChI is InChI=1S/C24H18BrCl2N5O3/c1-14-10-16(26)11-18(29-24(34)35-13-15-6-3-2-4-7-15)21(14)30-23(33)19-12-20(25)31-32(19)22-17(27)8-5-9-28-22/h2-12H,13H2,1H3,(H,29,34)(H,30,33). The Morgan fingerprint density at radius 1 is 1.06 bits per heavy atom. The van der Waals surface area contributed by atoms with Crippen molar-refractivity contribution in [3.05, 3.63) is 98.3 Å². The fourth-order valence-corrected chi connectivity index (χ4v) is 4.11. The maximum Gasteiger partial charge on any atom is 0.412 e. The second kappa shape index (κ2) is 10.9. The molecule has 0 fully saturated rings. The SMILES string of the molecule is Cc1cc(Cl)cc(NC(=O)OCc2ccccc2)c1NC(=O)c1cc(Br)nn1-c1ncccc1Cl. The molecule has 0 atom stereocenters. The number of aromatic nitrogens is 3. The molecule has 0 radical (unpaired) electrons. The van der Waals surface area contributed by atoms with E-state index >= 15 is 0 Å². The number of hydrogen-bond acceptors (Lipinski definition) is 5. The van der Waals surface area contributed by atoms with Crippen molar-refractivity contribution in [3.63, 3.8) is 0 Å². The number of nitrogens with zero attached hydrogens (tertiary/aromatic N) is 3. The van der Waals surface area contributed by atoms with Gasteiger partial charge in [0.15, 0.2) is 5.82 Å². The number of ether oxygens (including phenoxy) is 1. The Labute approximate surface area is 219 Å². The minimum absolute atomic E-state index is 0.0892. The van der Waals surface area contributed by atoms with Crippen molar-refractivity contribution in [1.29, 1.82) is 0 Å². The van der Waals surface area contributed by atoms with E-state index in [9.17, 15) is 9.59 Å². The van der Waals surface area contributed by atoms with Gasteiger partial charge in [-0.2, -0.15) is 5.10 Å². The number of hydrogen-bond donors (Lipinski definition) is 2. The average Bonchev–Trinajstić information content (AvgIpc) is 3.22. The first kappa shape index (κ1) is 24.7. The van der Waals surface area contributed by atoms with Gasteiger partial charge in [-0.25, -0.2) is 14.5 Å². The van der Waals surface area contributed by atoms with Crippen molar-refractivity contribution in [3.8, 4) is 5.82 Å². The lowest BCUT2D eigenvalue weighted by molar-refractivity contribution is 0.101. The molecule has 0 aliphatic rings. The molecule has 2 N–H and O–H groups in total. The molecule has 11 heteroatoms. The number of amides is 2. The topological polar surface area (TPSA) is 98.1 Å². The van der Waals surface area contributed by atoms with Crippen LogP contribution >= 0.6 is 39.1 Å². The van der Waals surface area contributed by atoms with E-state index in [2.05, 4.69) is 36.6 Å². The molecule has 2 aromatic carbocycles. The highest BCUT2D eigenvalue weighted by Gasteiger charge is 2.21. The summed E-state index contributed by atoms with van der Waals surface area (Å²) in [5.41, 5.74) is 2.27. The van der Waals surface area contributed by atoms with Crippen LogP contribution in [0.1, 0.15) is 21.6 Å². The minimum atomic E-state index is -0.695. The first-order valence-electron chi connectivity index (χ1n) is 10.3. The Morgan fingerprint density at radius 3 is 2.57 bits per heavy atom. The van der Waals surface area contributed by atoms with E-state index in [0.717, 1.165) is 5.56 Å². The highest BCUT2D eigenvalue weighted by atomic mass is 79.9. The number of carbonyl (C=O) groups excluding carboxylic acids is 2. The van der Waals surface area contributed by atoms with Crippen molar-refractivity contribution in [2.45, 2.75) is 13.5 Å².